The van der Waals surface area contributed by atoms with Crippen LogP contribution in [0.2, 0.25) is 0 Å². The first-order valence-corrected chi connectivity index (χ1v) is 10.3. The van der Waals surface area contributed by atoms with Crippen molar-refractivity contribution >= 4 is 0 Å². The molecule has 0 saturated heterocycles. The van der Waals surface area contributed by atoms with E-state index in [-0.39, 0.29) is 0 Å². The number of nitrogens with one attached hydrogen (secondary N) is 1. The van der Waals surface area contributed by atoms with Crippen LogP contribution in [-0.2, 0) is 22.4 Å². The van der Waals surface area contributed by atoms with Crippen LogP contribution >= 0.6 is 0 Å². The second-order valence-corrected chi connectivity index (χ2v) is 7.28. The Bertz CT molecular complexity index is 783. The topological polar surface area (TPSA) is 95.1 Å². The summed E-state index contributed by atoms with van der Waals surface area (Å²) in [6.45, 7) is 0.578. The monoisotopic (exact) mass is 439 g/mol. The Balaban J connectivity index is 2.06. The second kappa shape index (κ2) is 8.45. The number of hydrogen-bond donors (Lipinski definition) is 1. The summed E-state index contributed by atoms with van der Waals surface area (Å²) in [5, 5.41) is 3.26. The lowest BCUT2D eigenvalue weighted by Gasteiger charge is -2.34. The van der Waals surface area contributed by atoms with Crippen molar-refractivity contribution in [2.75, 3.05) is 27.9 Å². The highest BCUT2D eigenvalue weighted by Crippen LogP contribution is 2.40. The predicted octanol–water partition coefficient (Wildman–Crippen LogP) is 0.357. The van der Waals surface area contributed by atoms with Crippen LogP contribution in [0.5, 0.6) is 17.2 Å². The number of methoxy groups -OCH3 is 3. The van der Waals surface area contributed by atoms with Crippen LogP contribution in [0.3, 0.4) is 0 Å². The van der Waals surface area contributed by atoms with Crippen molar-refractivity contribution in [1.29, 1.82) is 0 Å². The van der Waals surface area contributed by atoms with E-state index in [1.165, 1.54) is 0 Å². The Labute approximate surface area is 163 Å². The molecule has 0 spiro atoms. The fourth-order valence-electron chi connectivity index (χ4n) is 3.39. The zero-order valence-electron chi connectivity index (χ0n) is 15.4. The molecule has 1 aliphatic heterocycles. The first-order valence-electron chi connectivity index (χ1n) is 8.39. The van der Waals surface area contributed by atoms with E-state index >= 15 is 0 Å². The van der Waals surface area contributed by atoms with E-state index in [1.807, 2.05) is 30.3 Å². The fraction of sp³-hybridized carbons (Fsp3) is 0.368. The molecule has 3 rings (SSSR count). The van der Waals surface area contributed by atoms with Crippen molar-refractivity contribution in [2.45, 2.75) is 18.6 Å². The van der Waals surface area contributed by atoms with Crippen LogP contribution in [-0.4, -0.2) is 27.9 Å². The van der Waals surface area contributed by atoms with Gasteiger partial charge in [-0.05, 0) is 41.8 Å². The summed E-state index contributed by atoms with van der Waals surface area (Å²) >= 11 is -3.48. The lowest BCUT2D eigenvalue weighted by Crippen LogP contribution is -2.55. The molecule has 1 atom stereocenters. The number of rotatable bonds is 7. The highest BCUT2D eigenvalue weighted by atomic mass is 80.0. The van der Waals surface area contributed by atoms with Crippen molar-refractivity contribution in [2.24, 2.45) is 0 Å². The molecule has 27 heavy (non-hydrogen) atoms. The average Bonchev–Trinajstić information content (AvgIpc) is 2.67. The molecular weight excluding hydrogens is 418 g/mol. The van der Waals surface area contributed by atoms with E-state index in [9.17, 15) is 8.40 Å². The Kier molecular flexibility index (Phi) is 6.23. The standard InChI is InChI=1S/C19H22BrNO6/c1-24-15-6-4-13(5-7-15)12-19(27-20(22)23)16-11-18(26-3)17(25-2)10-14(16)8-9-21-19/h4-7,10-11,21H,8-9,12H2,1-3H3/t19-/m0/s1. The van der Waals surface area contributed by atoms with E-state index in [0.29, 0.717) is 24.5 Å². The van der Waals surface area contributed by atoms with Crippen LogP contribution in [0, 0.1) is 14.8 Å². The molecule has 146 valence electrons. The minimum Gasteiger partial charge on any atom is -0.497 e. The average molecular weight is 440 g/mol. The van der Waals surface area contributed by atoms with Crippen molar-refractivity contribution in [1.82, 2.24) is 5.32 Å². The van der Waals surface area contributed by atoms with Gasteiger partial charge < -0.3 is 22.6 Å². The van der Waals surface area contributed by atoms with Crippen molar-refractivity contribution in [3.8, 4) is 17.2 Å². The first-order chi connectivity index (χ1) is 13.0. The van der Waals surface area contributed by atoms with Gasteiger partial charge in [0, 0.05) is 22.4 Å². The fourth-order valence-corrected chi connectivity index (χ4v) is 4.24. The molecule has 2 aromatic carbocycles. The Morgan fingerprint density at radius 3 is 2.26 bits per heavy atom. The van der Waals surface area contributed by atoms with Crippen LogP contribution in [0.15, 0.2) is 36.4 Å². The van der Waals surface area contributed by atoms with Gasteiger partial charge in [-0.2, -0.15) is 0 Å². The van der Waals surface area contributed by atoms with E-state index < -0.39 is 20.5 Å². The van der Waals surface area contributed by atoms with Gasteiger partial charge in [0.2, 0.25) is 5.72 Å². The smallest absolute Gasteiger partial charge is 0.439 e. The normalized spacial score (nSPS) is 18.9. The second-order valence-electron chi connectivity index (χ2n) is 6.16. The van der Waals surface area contributed by atoms with Gasteiger partial charge in [-0.1, -0.05) is 12.1 Å². The molecule has 2 aromatic rings. The van der Waals surface area contributed by atoms with Gasteiger partial charge in [-0.25, -0.2) is 0 Å². The van der Waals surface area contributed by atoms with Crippen molar-refractivity contribution in [3.05, 3.63) is 53.1 Å². The molecule has 1 N–H and O–H groups in total. The summed E-state index contributed by atoms with van der Waals surface area (Å²) in [6.07, 6.45) is 1.06. The zero-order chi connectivity index (χ0) is 19.4. The molecule has 0 aromatic heterocycles. The van der Waals surface area contributed by atoms with Crippen LogP contribution in [0.1, 0.15) is 16.7 Å². The molecule has 0 fully saturated rings. The zero-order valence-corrected chi connectivity index (χ0v) is 17.0. The molecule has 0 bridgehead atoms. The molecule has 0 radical (unpaired) electrons. The lowest BCUT2D eigenvalue weighted by molar-refractivity contribution is -1.63. The maximum Gasteiger partial charge on any atom is 0.439 e. The van der Waals surface area contributed by atoms with Gasteiger partial charge in [-0.3, -0.25) is 5.32 Å². The number of benzene rings is 2. The molecule has 8 heteroatoms. The predicted molar refractivity (Wildman–Crippen MR) is 90.7 cm³/mol. The Morgan fingerprint density at radius 1 is 1.00 bits per heavy atom. The highest BCUT2D eigenvalue weighted by Gasteiger charge is 2.47. The van der Waals surface area contributed by atoms with Gasteiger partial charge >= 0.3 is 14.8 Å². The SMILES string of the molecule is COc1ccc(C[C@@]2(O[Br+2]([O-])[O-])NCCc3cc(OC)c(OC)cc32)cc1. The van der Waals surface area contributed by atoms with Crippen LogP contribution < -0.4 is 27.9 Å². The minimum atomic E-state index is -3.48. The molecule has 1 aliphatic rings. The van der Waals surface area contributed by atoms with Crippen molar-refractivity contribution in [3.63, 3.8) is 0 Å². The maximum absolute atomic E-state index is 11.6. The molecule has 0 unspecified atom stereocenters. The molecule has 7 nitrogen and oxygen atoms in total. The van der Waals surface area contributed by atoms with Crippen molar-refractivity contribution < 1.29 is 41.2 Å². The quantitative estimate of drug-likeness (QED) is 0.664. The summed E-state index contributed by atoms with van der Waals surface area (Å²) in [6, 6.07) is 11.1. The third-order valence-electron chi connectivity index (χ3n) is 4.66. The molecule has 1 heterocycles. The number of hydrogen-bond acceptors (Lipinski definition) is 7. The van der Waals surface area contributed by atoms with E-state index in [2.05, 4.69) is 5.32 Å². The lowest BCUT2D eigenvalue weighted by atomic mass is 9.86. The molecular formula is C19H22BrNO6. The molecule has 0 saturated carbocycles. The number of ether oxygens (including phenoxy) is 3. The maximum atomic E-state index is 11.6. The highest BCUT2D eigenvalue weighted by molar-refractivity contribution is 5.50. The van der Waals surface area contributed by atoms with E-state index in [0.717, 1.165) is 28.9 Å². The summed E-state index contributed by atoms with van der Waals surface area (Å²) < 4.78 is 44.6. The summed E-state index contributed by atoms with van der Waals surface area (Å²) in [5.41, 5.74) is 1.41. The van der Waals surface area contributed by atoms with Crippen LogP contribution in [0.4, 0.5) is 0 Å². The summed E-state index contributed by atoms with van der Waals surface area (Å²) in [4.78, 5) is 0. The number of halogens is 1. The summed E-state index contributed by atoms with van der Waals surface area (Å²) in [5.74, 6) is 1.86. The molecule has 0 amide bonds. The van der Waals surface area contributed by atoms with E-state index in [1.54, 1.807) is 27.4 Å². The Morgan fingerprint density at radius 2 is 1.67 bits per heavy atom. The van der Waals surface area contributed by atoms with Gasteiger partial charge in [0.05, 0.1) is 21.3 Å². The van der Waals surface area contributed by atoms with Gasteiger partial charge in [0.25, 0.3) is 0 Å². The minimum absolute atomic E-state index is 0.332. The largest absolute Gasteiger partial charge is 0.497 e. The van der Waals surface area contributed by atoms with Gasteiger partial charge in [0.1, 0.15) is 5.75 Å². The third-order valence-corrected chi connectivity index (χ3v) is 5.47. The summed E-state index contributed by atoms with van der Waals surface area (Å²) in [7, 11) is 4.72. The van der Waals surface area contributed by atoms with Gasteiger partial charge in [-0.15, -0.1) is 0 Å². The van der Waals surface area contributed by atoms with Crippen LogP contribution in [0.25, 0.3) is 0 Å². The van der Waals surface area contributed by atoms with E-state index in [4.69, 9.17) is 18.0 Å². The first kappa shape index (κ1) is 19.9. The third kappa shape index (κ3) is 4.20. The number of fused-ring (bicyclic) bond motifs is 1. The van der Waals surface area contributed by atoms with Gasteiger partial charge in [0.15, 0.2) is 11.5 Å². The Hall–Kier alpha value is -1.84. The molecule has 0 aliphatic carbocycles.